The number of ether oxygens (including phenoxy) is 2. The molecule has 106 valence electrons. The molecule has 1 aromatic rings. The lowest BCUT2D eigenvalue weighted by atomic mass is 10.2. The number of aliphatic hydroxyl groups excluding tert-OH is 1. The Bertz CT molecular complexity index is 404. The number of hydrogen-bond donors (Lipinski definition) is 2. The molecule has 1 aromatic carbocycles. The van der Waals surface area contributed by atoms with Crippen LogP contribution in [-0.2, 0) is 4.74 Å². The fourth-order valence-corrected chi connectivity index (χ4v) is 1.90. The predicted molar refractivity (Wildman–Crippen MR) is 75.8 cm³/mol. The summed E-state index contributed by atoms with van der Waals surface area (Å²) in [4.78, 5) is 0. The minimum atomic E-state index is -0.472. The maximum absolute atomic E-state index is 9.82. The van der Waals surface area contributed by atoms with Crippen molar-refractivity contribution in [1.82, 2.24) is 0 Å². The number of aliphatic hydroxyl groups is 1. The van der Waals surface area contributed by atoms with Crippen LogP contribution in [0.3, 0.4) is 0 Å². The van der Waals surface area contributed by atoms with Gasteiger partial charge in [-0.15, -0.1) is 0 Å². The van der Waals surface area contributed by atoms with Crippen molar-refractivity contribution in [2.45, 2.75) is 25.9 Å². The molecule has 1 aliphatic rings. The number of rotatable bonds is 8. The van der Waals surface area contributed by atoms with E-state index in [2.05, 4.69) is 5.32 Å². The molecule has 0 spiro atoms. The molecule has 1 aliphatic carbocycles. The van der Waals surface area contributed by atoms with Crippen LogP contribution in [0.15, 0.2) is 18.2 Å². The highest BCUT2D eigenvalue weighted by molar-refractivity contribution is 5.53. The first-order chi connectivity index (χ1) is 9.19. The molecule has 0 aliphatic heterocycles. The summed E-state index contributed by atoms with van der Waals surface area (Å²) in [5.41, 5.74) is 2.12. The first kappa shape index (κ1) is 14.2. The van der Waals surface area contributed by atoms with Gasteiger partial charge in [0.05, 0.1) is 19.8 Å². The second kappa shape index (κ2) is 6.78. The van der Waals surface area contributed by atoms with Crippen LogP contribution in [-0.4, -0.2) is 38.1 Å². The standard InChI is InChI=1S/C15H23NO3/c1-11-7-14(18-2)5-6-15(11)16-8-13(17)10-19-9-12-3-4-12/h5-7,12-13,16-17H,3-4,8-10H2,1-2H3. The quantitative estimate of drug-likeness (QED) is 0.756. The summed E-state index contributed by atoms with van der Waals surface area (Å²) in [5, 5.41) is 13.1. The van der Waals surface area contributed by atoms with Crippen molar-refractivity contribution in [2.24, 2.45) is 5.92 Å². The average molecular weight is 265 g/mol. The van der Waals surface area contributed by atoms with E-state index in [1.165, 1.54) is 12.8 Å². The fraction of sp³-hybridized carbons (Fsp3) is 0.600. The van der Waals surface area contributed by atoms with Gasteiger partial charge in [0.15, 0.2) is 0 Å². The Morgan fingerprint density at radius 3 is 2.84 bits per heavy atom. The van der Waals surface area contributed by atoms with E-state index in [1.807, 2.05) is 25.1 Å². The minimum absolute atomic E-state index is 0.401. The lowest BCUT2D eigenvalue weighted by Gasteiger charge is -2.15. The zero-order valence-electron chi connectivity index (χ0n) is 11.7. The van der Waals surface area contributed by atoms with Crippen LogP contribution < -0.4 is 10.1 Å². The molecule has 4 heteroatoms. The summed E-state index contributed by atoms with van der Waals surface area (Å²) in [6, 6.07) is 5.84. The Labute approximate surface area is 114 Å². The van der Waals surface area contributed by atoms with Gasteiger partial charge in [-0.25, -0.2) is 0 Å². The van der Waals surface area contributed by atoms with Gasteiger partial charge >= 0.3 is 0 Å². The topological polar surface area (TPSA) is 50.7 Å². The summed E-state index contributed by atoms with van der Waals surface area (Å²) in [5.74, 6) is 1.58. The number of methoxy groups -OCH3 is 1. The molecule has 2 rings (SSSR count). The molecule has 1 atom stereocenters. The normalized spacial score (nSPS) is 16.2. The van der Waals surface area contributed by atoms with Gasteiger partial charge in [0, 0.05) is 18.8 Å². The minimum Gasteiger partial charge on any atom is -0.497 e. The van der Waals surface area contributed by atoms with Crippen LogP contribution in [0.25, 0.3) is 0 Å². The van der Waals surface area contributed by atoms with E-state index < -0.39 is 6.10 Å². The zero-order valence-corrected chi connectivity index (χ0v) is 11.7. The van der Waals surface area contributed by atoms with Crippen molar-refractivity contribution >= 4 is 5.69 Å². The highest BCUT2D eigenvalue weighted by atomic mass is 16.5. The molecule has 0 bridgehead atoms. The maximum atomic E-state index is 9.82. The largest absolute Gasteiger partial charge is 0.497 e. The van der Waals surface area contributed by atoms with Crippen molar-refractivity contribution in [2.75, 3.05) is 32.2 Å². The van der Waals surface area contributed by atoms with Gasteiger partial charge in [-0.05, 0) is 49.4 Å². The lowest BCUT2D eigenvalue weighted by Crippen LogP contribution is -2.25. The first-order valence-corrected chi connectivity index (χ1v) is 6.83. The van der Waals surface area contributed by atoms with Gasteiger partial charge in [-0.2, -0.15) is 0 Å². The van der Waals surface area contributed by atoms with E-state index in [-0.39, 0.29) is 0 Å². The second-order valence-electron chi connectivity index (χ2n) is 5.20. The van der Waals surface area contributed by atoms with Crippen LogP contribution in [0.4, 0.5) is 5.69 Å². The molecule has 1 fully saturated rings. The van der Waals surface area contributed by atoms with E-state index >= 15 is 0 Å². The van der Waals surface area contributed by atoms with E-state index in [0.29, 0.717) is 13.2 Å². The average Bonchev–Trinajstić information content (AvgIpc) is 3.21. The molecule has 0 heterocycles. The van der Waals surface area contributed by atoms with Gasteiger partial charge in [-0.3, -0.25) is 0 Å². The Balaban J connectivity index is 1.71. The summed E-state index contributed by atoms with van der Waals surface area (Å²) in [7, 11) is 1.66. The Morgan fingerprint density at radius 1 is 1.42 bits per heavy atom. The number of aryl methyl sites for hydroxylation is 1. The van der Waals surface area contributed by atoms with Crippen LogP contribution in [0.2, 0.25) is 0 Å². The van der Waals surface area contributed by atoms with Crippen LogP contribution >= 0.6 is 0 Å². The first-order valence-electron chi connectivity index (χ1n) is 6.83. The SMILES string of the molecule is COc1ccc(NCC(O)COCC2CC2)c(C)c1. The summed E-state index contributed by atoms with van der Waals surface area (Å²) in [6.07, 6.45) is 2.08. The molecular formula is C15H23NO3. The molecule has 1 saturated carbocycles. The van der Waals surface area contributed by atoms with Gasteiger partial charge < -0.3 is 19.9 Å². The van der Waals surface area contributed by atoms with Crippen molar-refractivity contribution in [3.63, 3.8) is 0 Å². The third-order valence-corrected chi connectivity index (χ3v) is 3.32. The van der Waals surface area contributed by atoms with Crippen molar-refractivity contribution in [3.8, 4) is 5.75 Å². The van der Waals surface area contributed by atoms with Crippen LogP contribution in [0.1, 0.15) is 18.4 Å². The van der Waals surface area contributed by atoms with Gasteiger partial charge in [0.2, 0.25) is 0 Å². The summed E-state index contributed by atoms with van der Waals surface area (Å²) < 4.78 is 10.6. The highest BCUT2D eigenvalue weighted by Gasteiger charge is 2.21. The predicted octanol–water partition coefficient (Wildman–Crippen LogP) is 2.20. The van der Waals surface area contributed by atoms with E-state index in [4.69, 9.17) is 9.47 Å². The van der Waals surface area contributed by atoms with Crippen LogP contribution in [0, 0.1) is 12.8 Å². The maximum Gasteiger partial charge on any atom is 0.119 e. The second-order valence-corrected chi connectivity index (χ2v) is 5.20. The molecule has 0 amide bonds. The summed E-state index contributed by atoms with van der Waals surface area (Å²) in [6.45, 7) is 3.70. The van der Waals surface area contributed by atoms with E-state index in [0.717, 1.165) is 29.5 Å². The molecule has 0 aromatic heterocycles. The van der Waals surface area contributed by atoms with Crippen molar-refractivity contribution in [3.05, 3.63) is 23.8 Å². The Hall–Kier alpha value is -1.26. The van der Waals surface area contributed by atoms with Crippen LogP contribution in [0.5, 0.6) is 5.75 Å². The monoisotopic (exact) mass is 265 g/mol. The number of anilines is 1. The van der Waals surface area contributed by atoms with Gasteiger partial charge in [0.1, 0.15) is 5.75 Å². The van der Waals surface area contributed by atoms with Crippen molar-refractivity contribution in [1.29, 1.82) is 0 Å². The number of hydrogen-bond acceptors (Lipinski definition) is 4. The fourth-order valence-electron chi connectivity index (χ4n) is 1.90. The molecule has 19 heavy (non-hydrogen) atoms. The zero-order chi connectivity index (χ0) is 13.7. The molecular weight excluding hydrogens is 242 g/mol. The molecule has 4 nitrogen and oxygen atoms in total. The Kier molecular flexibility index (Phi) is 5.05. The molecule has 0 radical (unpaired) electrons. The molecule has 0 saturated heterocycles. The number of benzene rings is 1. The summed E-state index contributed by atoms with van der Waals surface area (Å²) >= 11 is 0. The third kappa shape index (κ3) is 4.73. The highest BCUT2D eigenvalue weighted by Crippen LogP contribution is 2.28. The Morgan fingerprint density at radius 2 is 2.21 bits per heavy atom. The number of nitrogens with one attached hydrogen (secondary N) is 1. The third-order valence-electron chi connectivity index (χ3n) is 3.32. The van der Waals surface area contributed by atoms with Gasteiger partial charge in [-0.1, -0.05) is 0 Å². The smallest absolute Gasteiger partial charge is 0.119 e. The molecule has 1 unspecified atom stereocenters. The van der Waals surface area contributed by atoms with E-state index in [1.54, 1.807) is 7.11 Å². The van der Waals surface area contributed by atoms with E-state index in [9.17, 15) is 5.11 Å². The van der Waals surface area contributed by atoms with Crippen molar-refractivity contribution < 1.29 is 14.6 Å². The molecule has 2 N–H and O–H groups in total. The lowest BCUT2D eigenvalue weighted by molar-refractivity contribution is 0.0386. The van der Waals surface area contributed by atoms with Gasteiger partial charge in [0.25, 0.3) is 0 Å².